The lowest BCUT2D eigenvalue weighted by molar-refractivity contribution is 0.0525. The number of hydrogen-bond donors (Lipinski definition) is 0. The molecule has 1 aromatic rings. The van der Waals surface area contributed by atoms with Crippen LogP contribution in [0.3, 0.4) is 0 Å². The number of nitrogens with zero attached hydrogens (tertiary/aromatic N) is 1. The molecule has 0 spiro atoms. The van der Waals surface area contributed by atoms with E-state index in [4.69, 9.17) is 21.6 Å². The number of carbonyl (C=O) groups excluding carboxylic acids is 1. The molecule has 0 saturated carbocycles. The van der Waals surface area contributed by atoms with Crippen LogP contribution in [0, 0.1) is 11.3 Å². The van der Waals surface area contributed by atoms with Crippen molar-refractivity contribution in [2.75, 3.05) is 6.61 Å². The monoisotopic (exact) mass is 301 g/mol. The van der Waals surface area contributed by atoms with Crippen LogP contribution in [-0.2, 0) is 10.6 Å². The van der Waals surface area contributed by atoms with E-state index in [1.54, 1.807) is 19.1 Å². The number of hydrogen-bond acceptors (Lipinski definition) is 3. The summed E-state index contributed by atoms with van der Waals surface area (Å²) in [7, 11) is 0. The van der Waals surface area contributed by atoms with Gasteiger partial charge in [0.05, 0.1) is 17.7 Å². The van der Waals surface area contributed by atoms with Crippen molar-refractivity contribution in [3.05, 3.63) is 33.3 Å². The van der Waals surface area contributed by atoms with Crippen molar-refractivity contribution in [3.8, 4) is 6.07 Å². The first-order chi connectivity index (χ1) is 7.63. The molecule has 84 valence electrons. The topological polar surface area (TPSA) is 50.1 Å². The zero-order valence-electron chi connectivity index (χ0n) is 8.59. The molecule has 0 radical (unpaired) electrons. The molecule has 0 heterocycles. The number of carbonyl (C=O) groups is 1. The van der Waals surface area contributed by atoms with Crippen molar-refractivity contribution < 1.29 is 9.53 Å². The smallest absolute Gasteiger partial charge is 0.339 e. The fourth-order valence-electron chi connectivity index (χ4n) is 1.30. The molecule has 0 bridgehead atoms. The standard InChI is InChI=1S/C11H9BrClNO2/c1-2-16-11(15)10-7(5-13)3-9(12)4-8(10)6-14/h3-4H,2,5H2,1H3. The molecular weight excluding hydrogens is 293 g/mol. The van der Waals surface area contributed by atoms with Crippen LogP contribution in [-0.4, -0.2) is 12.6 Å². The van der Waals surface area contributed by atoms with Gasteiger partial charge < -0.3 is 4.74 Å². The number of nitriles is 1. The van der Waals surface area contributed by atoms with Crippen molar-refractivity contribution in [3.63, 3.8) is 0 Å². The van der Waals surface area contributed by atoms with Gasteiger partial charge >= 0.3 is 5.97 Å². The molecule has 0 aliphatic carbocycles. The van der Waals surface area contributed by atoms with Gasteiger partial charge in [0.2, 0.25) is 0 Å². The second kappa shape index (κ2) is 5.88. The molecule has 0 N–H and O–H groups in total. The zero-order chi connectivity index (χ0) is 12.1. The summed E-state index contributed by atoms with van der Waals surface area (Å²) >= 11 is 8.99. The summed E-state index contributed by atoms with van der Waals surface area (Å²) in [5.74, 6) is -0.357. The highest BCUT2D eigenvalue weighted by Crippen LogP contribution is 2.23. The minimum atomic E-state index is -0.512. The van der Waals surface area contributed by atoms with Gasteiger partial charge in [-0.3, -0.25) is 0 Å². The highest BCUT2D eigenvalue weighted by atomic mass is 79.9. The van der Waals surface area contributed by atoms with Crippen LogP contribution in [0.2, 0.25) is 0 Å². The first-order valence-corrected chi connectivity index (χ1v) is 5.92. The lowest BCUT2D eigenvalue weighted by Gasteiger charge is -2.09. The molecule has 16 heavy (non-hydrogen) atoms. The Morgan fingerprint density at radius 1 is 1.62 bits per heavy atom. The maximum Gasteiger partial charge on any atom is 0.339 e. The maximum absolute atomic E-state index is 11.7. The van der Waals surface area contributed by atoms with Crippen molar-refractivity contribution in [2.24, 2.45) is 0 Å². The minimum Gasteiger partial charge on any atom is -0.462 e. The van der Waals surface area contributed by atoms with Gasteiger partial charge in [-0.1, -0.05) is 15.9 Å². The molecule has 0 unspecified atom stereocenters. The summed E-state index contributed by atoms with van der Waals surface area (Å²) in [5, 5.41) is 8.96. The number of esters is 1. The predicted molar refractivity (Wildman–Crippen MR) is 64.4 cm³/mol. The van der Waals surface area contributed by atoms with Gasteiger partial charge in [-0.05, 0) is 24.6 Å². The van der Waals surface area contributed by atoms with E-state index in [2.05, 4.69) is 15.9 Å². The van der Waals surface area contributed by atoms with Crippen LogP contribution in [0.4, 0.5) is 0 Å². The first-order valence-electron chi connectivity index (χ1n) is 4.59. The average molecular weight is 303 g/mol. The summed E-state index contributed by atoms with van der Waals surface area (Å²) in [5.41, 5.74) is 1.11. The second-order valence-electron chi connectivity index (χ2n) is 2.95. The van der Waals surface area contributed by atoms with Crippen LogP contribution in [0.25, 0.3) is 0 Å². The van der Waals surface area contributed by atoms with E-state index in [1.165, 1.54) is 0 Å². The number of halogens is 2. The molecule has 1 aromatic carbocycles. The number of benzene rings is 1. The Morgan fingerprint density at radius 2 is 2.31 bits per heavy atom. The number of rotatable bonds is 3. The quantitative estimate of drug-likeness (QED) is 0.636. The van der Waals surface area contributed by atoms with Gasteiger partial charge in [0.15, 0.2) is 0 Å². The molecular formula is C11H9BrClNO2. The Labute approximate surface area is 107 Å². The fourth-order valence-corrected chi connectivity index (χ4v) is 2.02. The molecule has 3 nitrogen and oxygen atoms in total. The van der Waals surface area contributed by atoms with Crippen LogP contribution in [0.5, 0.6) is 0 Å². The maximum atomic E-state index is 11.7. The Bertz CT molecular complexity index is 454. The lowest BCUT2D eigenvalue weighted by Crippen LogP contribution is -2.10. The summed E-state index contributed by atoms with van der Waals surface area (Å²) in [6.45, 7) is 1.98. The SMILES string of the molecule is CCOC(=O)c1c(C#N)cc(Br)cc1CCl. The van der Waals surface area contributed by atoms with Crippen LogP contribution >= 0.6 is 27.5 Å². The van der Waals surface area contributed by atoms with Gasteiger partial charge in [0.25, 0.3) is 0 Å². The van der Waals surface area contributed by atoms with Crippen molar-refractivity contribution in [1.29, 1.82) is 5.26 Å². The Morgan fingerprint density at radius 3 is 2.81 bits per heavy atom. The van der Waals surface area contributed by atoms with Gasteiger partial charge in [-0.15, -0.1) is 11.6 Å². The average Bonchev–Trinajstić information content (AvgIpc) is 2.27. The lowest BCUT2D eigenvalue weighted by atomic mass is 10.0. The minimum absolute atomic E-state index is 0.155. The molecule has 1 rings (SSSR count). The third-order valence-corrected chi connectivity index (χ3v) is 2.67. The fraction of sp³-hybridized carbons (Fsp3) is 0.273. The highest BCUT2D eigenvalue weighted by molar-refractivity contribution is 9.10. The Hall–Kier alpha value is -1.05. The van der Waals surface area contributed by atoms with Gasteiger partial charge in [0, 0.05) is 10.4 Å². The van der Waals surface area contributed by atoms with E-state index in [1.807, 2.05) is 6.07 Å². The van der Waals surface area contributed by atoms with Gasteiger partial charge in [-0.25, -0.2) is 4.79 Å². The van der Waals surface area contributed by atoms with Crippen LogP contribution in [0.15, 0.2) is 16.6 Å². The van der Waals surface area contributed by atoms with E-state index in [0.717, 1.165) is 0 Å². The van der Waals surface area contributed by atoms with Crippen molar-refractivity contribution in [1.82, 2.24) is 0 Å². The van der Waals surface area contributed by atoms with E-state index >= 15 is 0 Å². The molecule has 0 aliphatic rings. The molecule has 0 saturated heterocycles. The summed E-state index contributed by atoms with van der Waals surface area (Å²) in [6.07, 6.45) is 0. The third kappa shape index (κ3) is 2.75. The molecule has 0 amide bonds. The molecule has 0 aliphatic heterocycles. The first kappa shape index (κ1) is 13.0. The molecule has 5 heteroatoms. The third-order valence-electron chi connectivity index (χ3n) is 1.93. The summed E-state index contributed by atoms with van der Waals surface area (Å²) < 4.78 is 5.60. The molecule has 0 fully saturated rings. The predicted octanol–water partition coefficient (Wildman–Crippen LogP) is 3.24. The van der Waals surface area contributed by atoms with E-state index in [-0.39, 0.29) is 23.6 Å². The van der Waals surface area contributed by atoms with Gasteiger partial charge in [0.1, 0.15) is 6.07 Å². The Balaban J connectivity index is 3.34. The van der Waals surface area contributed by atoms with Crippen molar-refractivity contribution >= 4 is 33.5 Å². The summed E-state index contributed by atoms with van der Waals surface area (Å²) in [6, 6.07) is 5.24. The van der Waals surface area contributed by atoms with Crippen LogP contribution < -0.4 is 0 Å². The van der Waals surface area contributed by atoms with E-state index in [0.29, 0.717) is 10.0 Å². The summed E-state index contributed by atoms with van der Waals surface area (Å²) in [4.78, 5) is 11.7. The number of ether oxygens (including phenoxy) is 1. The van der Waals surface area contributed by atoms with Crippen LogP contribution in [0.1, 0.15) is 28.4 Å². The number of alkyl halides is 1. The second-order valence-corrected chi connectivity index (χ2v) is 4.14. The van der Waals surface area contributed by atoms with Gasteiger partial charge in [-0.2, -0.15) is 5.26 Å². The van der Waals surface area contributed by atoms with E-state index in [9.17, 15) is 4.79 Å². The molecule has 0 atom stereocenters. The van der Waals surface area contributed by atoms with E-state index < -0.39 is 5.97 Å². The Kier molecular flexibility index (Phi) is 4.78. The zero-order valence-corrected chi connectivity index (χ0v) is 10.9. The highest BCUT2D eigenvalue weighted by Gasteiger charge is 2.18. The molecule has 0 aromatic heterocycles. The largest absolute Gasteiger partial charge is 0.462 e. The normalized spacial score (nSPS) is 9.62. The van der Waals surface area contributed by atoms with Crippen molar-refractivity contribution in [2.45, 2.75) is 12.8 Å².